The summed E-state index contributed by atoms with van der Waals surface area (Å²) in [4.78, 5) is 25.4. The van der Waals surface area contributed by atoms with Crippen LogP contribution in [-0.2, 0) is 7.05 Å². The van der Waals surface area contributed by atoms with Crippen LogP contribution in [0.15, 0.2) is 53.3 Å². The molecule has 0 fully saturated rings. The minimum Gasteiger partial charge on any atom is -0.316 e. The first-order valence-corrected chi connectivity index (χ1v) is 8.89. The number of benzene rings is 2. The van der Waals surface area contributed by atoms with E-state index in [0.717, 1.165) is 14.8 Å². The molecule has 128 valence electrons. The molecular weight excluding hydrogens is 429 g/mol. The van der Waals surface area contributed by atoms with Crippen molar-refractivity contribution in [3.8, 4) is 5.69 Å². The second-order valence-electron chi connectivity index (χ2n) is 5.85. The second kappa shape index (κ2) is 6.87. The van der Waals surface area contributed by atoms with Crippen molar-refractivity contribution >= 4 is 34.2 Å². The summed E-state index contributed by atoms with van der Waals surface area (Å²) in [5, 5.41) is 2.78. The minimum absolute atomic E-state index is 0.249. The van der Waals surface area contributed by atoms with E-state index in [1.165, 1.54) is 0 Å². The van der Waals surface area contributed by atoms with Crippen LogP contribution in [0.2, 0.25) is 0 Å². The Labute approximate surface area is 159 Å². The first-order valence-electron chi connectivity index (χ1n) is 7.81. The molecule has 0 atom stereocenters. The van der Waals surface area contributed by atoms with Crippen molar-refractivity contribution in [1.82, 2.24) is 9.36 Å². The van der Waals surface area contributed by atoms with Gasteiger partial charge in [-0.1, -0.05) is 24.3 Å². The molecule has 0 radical (unpaired) electrons. The predicted octanol–water partition coefficient (Wildman–Crippen LogP) is 3.65. The van der Waals surface area contributed by atoms with Gasteiger partial charge in [-0.15, -0.1) is 0 Å². The lowest BCUT2D eigenvalue weighted by atomic mass is 10.1. The Bertz CT molecular complexity index is 1000. The third kappa shape index (κ3) is 3.26. The molecule has 25 heavy (non-hydrogen) atoms. The van der Waals surface area contributed by atoms with Crippen LogP contribution in [0.25, 0.3) is 5.69 Å². The quantitative estimate of drug-likeness (QED) is 0.624. The molecule has 0 saturated carbocycles. The summed E-state index contributed by atoms with van der Waals surface area (Å²) in [5.41, 5.74) is 3.14. The van der Waals surface area contributed by atoms with Gasteiger partial charge in [0.25, 0.3) is 11.5 Å². The van der Waals surface area contributed by atoms with Crippen LogP contribution in [0.1, 0.15) is 21.6 Å². The van der Waals surface area contributed by atoms with Crippen LogP contribution in [0.5, 0.6) is 0 Å². The maximum atomic E-state index is 12.8. The number of aryl methyl sites for hydroxylation is 1. The lowest BCUT2D eigenvalue weighted by molar-refractivity contribution is 0.102. The normalized spacial score (nSPS) is 10.7. The number of anilines is 1. The molecule has 0 bridgehead atoms. The molecule has 0 unspecified atom stereocenters. The number of nitrogens with one attached hydrogen (secondary N) is 1. The monoisotopic (exact) mass is 447 g/mol. The van der Waals surface area contributed by atoms with E-state index in [-0.39, 0.29) is 11.5 Å². The van der Waals surface area contributed by atoms with Gasteiger partial charge in [0.05, 0.1) is 11.4 Å². The number of halogens is 1. The number of hydrogen-bond donors (Lipinski definition) is 1. The molecule has 0 saturated heterocycles. The van der Waals surface area contributed by atoms with Crippen molar-refractivity contribution in [3.05, 3.63) is 79.3 Å². The highest BCUT2D eigenvalue weighted by Gasteiger charge is 2.18. The van der Waals surface area contributed by atoms with Crippen LogP contribution in [0.3, 0.4) is 0 Å². The number of amides is 1. The average molecular weight is 447 g/mol. The molecular formula is C19H18IN3O2. The first-order chi connectivity index (χ1) is 11.9. The van der Waals surface area contributed by atoms with E-state index < -0.39 is 0 Å². The highest BCUT2D eigenvalue weighted by atomic mass is 127. The largest absolute Gasteiger partial charge is 0.316 e. The summed E-state index contributed by atoms with van der Waals surface area (Å²) in [6.45, 7) is 3.80. The summed E-state index contributed by atoms with van der Waals surface area (Å²) in [5.74, 6) is -0.288. The zero-order valence-electron chi connectivity index (χ0n) is 14.2. The van der Waals surface area contributed by atoms with Gasteiger partial charge in [-0.25, -0.2) is 4.68 Å². The molecule has 1 heterocycles. The molecule has 5 nitrogen and oxygen atoms in total. The van der Waals surface area contributed by atoms with Crippen LogP contribution in [0, 0.1) is 17.4 Å². The molecule has 1 aromatic heterocycles. The smallest absolute Gasteiger partial charge is 0.295 e. The number of carbonyl (C=O) groups is 1. The van der Waals surface area contributed by atoms with Crippen LogP contribution in [0.4, 0.5) is 5.69 Å². The third-order valence-electron chi connectivity index (χ3n) is 4.23. The fourth-order valence-corrected chi connectivity index (χ4v) is 3.15. The van der Waals surface area contributed by atoms with Crippen molar-refractivity contribution in [1.29, 1.82) is 0 Å². The standard InChI is InChI=1S/C19H18IN3O2/c1-12-9-10-14(11-16(12)20)18(24)21-17-13(2)22(3)23(19(17)25)15-7-5-4-6-8-15/h4-11H,1-3H3,(H,21,24). The maximum absolute atomic E-state index is 12.8. The molecule has 3 rings (SSSR count). The van der Waals surface area contributed by atoms with Gasteiger partial charge in [0.2, 0.25) is 0 Å². The van der Waals surface area contributed by atoms with E-state index in [1.54, 1.807) is 22.5 Å². The number of hydrogen-bond acceptors (Lipinski definition) is 2. The predicted molar refractivity (Wildman–Crippen MR) is 108 cm³/mol. The van der Waals surface area contributed by atoms with Crippen LogP contribution in [-0.4, -0.2) is 15.3 Å². The van der Waals surface area contributed by atoms with Crippen molar-refractivity contribution < 1.29 is 4.79 Å². The Hall–Kier alpha value is -2.35. The highest BCUT2D eigenvalue weighted by molar-refractivity contribution is 14.1. The van der Waals surface area contributed by atoms with E-state index in [9.17, 15) is 9.59 Å². The Balaban J connectivity index is 2.00. The lowest BCUT2D eigenvalue weighted by Gasteiger charge is -2.07. The van der Waals surface area contributed by atoms with E-state index in [1.807, 2.05) is 56.3 Å². The third-order valence-corrected chi connectivity index (χ3v) is 5.39. The van der Waals surface area contributed by atoms with Crippen molar-refractivity contribution in [3.63, 3.8) is 0 Å². The first kappa shape index (κ1) is 17.5. The fraction of sp³-hybridized carbons (Fsp3) is 0.158. The molecule has 6 heteroatoms. The number of carbonyl (C=O) groups excluding carboxylic acids is 1. The summed E-state index contributed by atoms with van der Waals surface area (Å²) in [6, 6.07) is 14.8. The van der Waals surface area contributed by atoms with Crippen molar-refractivity contribution in [2.45, 2.75) is 13.8 Å². The summed E-state index contributed by atoms with van der Waals surface area (Å²) >= 11 is 2.19. The zero-order valence-corrected chi connectivity index (χ0v) is 16.4. The van der Waals surface area contributed by atoms with E-state index >= 15 is 0 Å². The lowest BCUT2D eigenvalue weighted by Crippen LogP contribution is -2.23. The molecule has 0 spiro atoms. The fourth-order valence-electron chi connectivity index (χ4n) is 2.63. The molecule has 1 amide bonds. The Morgan fingerprint density at radius 1 is 1.08 bits per heavy atom. The Morgan fingerprint density at radius 2 is 1.76 bits per heavy atom. The number of para-hydroxylation sites is 1. The SMILES string of the molecule is Cc1ccc(C(=O)Nc2c(C)n(C)n(-c3ccccc3)c2=O)cc1I. The van der Waals surface area contributed by atoms with Crippen LogP contribution >= 0.6 is 22.6 Å². The highest BCUT2D eigenvalue weighted by Crippen LogP contribution is 2.17. The number of rotatable bonds is 3. The van der Waals surface area contributed by atoms with Gasteiger partial charge in [0.1, 0.15) is 5.69 Å². The zero-order chi connectivity index (χ0) is 18.1. The Kier molecular flexibility index (Phi) is 4.80. The molecule has 0 aliphatic heterocycles. The van der Waals surface area contributed by atoms with E-state index in [0.29, 0.717) is 16.9 Å². The van der Waals surface area contributed by atoms with Crippen molar-refractivity contribution in [2.75, 3.05) is 5.32 Å². The Morgan fingerprint density at radius 3 is 2.40 bits per heavy atom. The molecule has 0 aliphatic carbocycles. The van der Waals surface area contributed by atoms with Gasteiger partial charge < -0.3 is 5.32 Å². The summed E-state index contributed by atoms with van der Waals surface area (Å²) < 4.78 is 4.30. The molecule has 2 aromatic carbocycles. The summed E-state index contributed by atoms with van der Waals surface area (Å²) in [6.07, 6.45) is 0. The van der Waals surface area contributed by atoms with Crippen molar-refractivity contribution in [2.24, 2.45) is 7.05 Å². The minimum atomic E-state index is -0.288. The van der Waals surface area contributed by atoms with Gasteiger partial charge >= 0.3 is 0 Å². The maximum Gasteiger partial charge on any atom is 0.295 e. The van der Waals surface area contributed by atoms with Crippen LogP contribution < -0.4 is 10.9 Å². The summed E-state index contributed by atoms with van der Waals surface area (Å²) in [7, 11) is 1.80. The molecule has 0 aliphatic rings. The average Bonchev–Trinajstić information content (AvgIpc) is 2.81. The van der Waals surface area contributed by atoms with Gasteiger partial charge in [-0.3, -0.25) is 14.3 Å². The van der Waals surface area contributed by atoms with Gasteiger partial charge in [-0.2, -0.15) is 0 Å². The number of aromatic nitrogens is 2. The molecule has 3 aromatic rings. The van der Waals surface area contributed by atoms with Gasteiger partial charge in [0.15, 0.2) is 0 Å². The van der Waals surface area contributed by atoms with Gasteiger partial charge in [0, 0.05) is 16.2 Å². The van der Waals surface area contributed by atoms with E-state index in [4.69, 9.17) is 0 Å². The second-order valence-corrected chi connectivity index (χ2v) is 7.02. The van der Waals surface area contributed by atoms with Gasteiger partial charge in [-0.05, 0) is 66.3 Å². The topological polar surface area (TPSA) is 56.0 Å². The van der Waals surface area contributed by atoms with E-state index in [2.05, 4.69) is 27.9 Å². The molecule has 1 N–H and O–H groups in total. The number of nitrogens with zero attached hydrogens (tertiary/aromatic N) is 2.